The fourth-order valence-corrected chi connectivity index (χ4v) is 7.40. The van der Waals surface area contributed by atoms with Crippen LogP contribution in [0.2, 0.25) is 0 Å². The lowest BCUT2D eigenvalue weighted by Crippen LogP contribution is -2.73. The maximum Gasteiger partial charge on any atom is 0.252 e. The lowest BCUT2D eigenvalue weighted by atomic mass is 9.43. The first kappa shape index (κ1) is 20.3. The third-order valence-electron chi connectivity index (χ3n) is 9.53. The van der Waals surface area contributed by atoms with Crippen molar-refractivity contribution in [1.82, 2.24) is 5.32 Å². The predicted molar refractivity (Wildman–Crippen MR) is 115 cm³/mol. The van der Waals surface area contributed by atoms with Gasteiger partial charge in [-0.15, -0.1) is 0 Å². The molecule has 4 unspecified atom stereocenters. The van der Waals surface area contributed by atoms with Crippen LogP contribution in [0.5, 0.6) is 5.75 Å². The van der Waals surface area contributed by atoms with Crippen LogP contribution in [0.3, 0.4) is 0 Å². The summed E-state index contributed by atoms with van der Waals surface area (Å²) in [6, 6.07) is 2.04. The van der Waals surface area contributed by atoms with Crippen LogP contribution >= 0.6 is 0 Å². The highest BCUT2D eigenvalue weighted by Gasteiger charge is 2.69. The highest BCUT2D eigenvalue weighted by Crippen LogP contribution is 2.66. The molecule has 0 aromatic heterocycles. The van der Waals surface area contributed by atoms with E-state index in [4.69, 9.17) is 9.47 Å². The molecular formula is C25H35NO4. The van der Waals surface area contributed by atoms with Crippen molar-refractivity contribution in [3.05, 3.63) is 28.3 Å². The highest BCUT2D eigenvalue weighted by molar-refractivity contribution is 5.99. The molecule has 1 aromatic carbocycles. The van der Waals surface area contributed by atoms with Crippen LogP contribution in [0.1, 0.15) is 74.0 Å². The number of methoxy groups -OCH3 is 1. The normalized spacial score (nSPS) is 41.1. The molecule has 0 radical (unpaired) electrons. The molecule has 30 heavy (non-hydrogen) atoms. The summed E-state index contributed by atoms with van der Waals surface area (Å²) < 4.78 is 13.0. The van der Waals surface area contributed by atoms with Gasteiger partial charge in [0.15, 0.2) is 0 Å². The summed E-state index contributed by atoms with van der Waals surface area (Å²) in [5, 5.41) is 14.1. The molecule has 5 heteroatoms. The van der Waals surface area contributed by atoms with E-state index in [9.17, 15) is 9.90 Å². The quantitative estimate of drug-likeness (QED) is 0.735. The lowest BCUT2D eigenvalue weighted by Gasteiger charge is -2.68. The number of aliphatic hydroxyl groups is 1. The number of aliphatic hydroxyl groups excluding tert-OH is 1. The maximum absolute atomic E-state index is 12.4. The Morgan fingerprint density at radius 3 is 2.67 bits per heavy atom. The third kappa shape index (κ3) is 2.28. The van der Waals surface area contributed by atoms with Crippen molar-refractivity contribution in [3.63, 3.8) is 0 Å². The van der Waals surface area contributed by atoms with Gasteiger partial charge in [0.05, 0.1) is 12.2 Å². The van der Waals surface area contributed by atoms with Gasteiger partial charge < -0.3 is 19.9 Å². The molecule has 1 aromatic rings. The van der Waals surface area contributed by atoms with Gasteiger partial charge in [-0.25, -0.2) is 0 Å². The third-order valence-corrected chi connectivity index (χ3v) is 9.53. The Hall–Kier alpha value is -1.59. The van der Waals surface area contributed by atoms with Gasteiger partial charge in [0.2, 0.25) is 0 Å². The number of nitrogens with one attached hydrogen (secondary N) is 1. The minimum atomic E-state index is -0.521. The number of amides is 1. The molecule has 2 fully saturated rings. The molecule has 2 saturated carbocycles. The van der Waals surface area contributed by atoms with Crippen LogP contribution in [0.4, 0.5) is 0 Å². The number of hydrogen-bond donors (Lipinski definition) is 2. The SMILES string of the molecule is COC1CC23Oc4c(c(C)cc5c4CNC5=O)C[C@]2(C)[C@@H](C)CCC3C(C)(C)C1O. The van der Waals surface area contributed by atoms with E-state index >= 15 is 0 Å². The van der Waals surface area contributed by atoms with Gasteiger partial charge in [0, 0.05) is 42.5 Å². The van der Waals surface area contributed by atoms with Gasteiger partial charge in [0.25, 0.3) is 5.91 Å². The van der Waals surface area contributed by atoms with Gasteiger partial charge >= 0.3 is 0 Å². The molecule has 6 atom stereocenters. The molecule has 5 nitrogen and oxygen atoms in total. The first-order chi connectivity index (χ1) is 14.1. The number of benzene rings is 1. The number of rotatable bonds is 1. The van der Waals surface area contributed by atoms with Crippen LogP contribution < -0.4 is 10.1 Å². The zero-order valence-electron chi connectivity index (χ0n) is 19.1. The molecule has 2 heterocycles. The fraction of sp³-hybridized carbons (Fsp3) is 0.720. The topological polar surface area (TPSA) is 67.8 Å². The first-order valence-electron chi connectivity index (χ1n) is 11.4. The molecule has 2 aliphatic heterocycles. The molecule has 2 N–H and O–H groups in total. The van der Waals surface area contributed by atoms with Gasteiger partial charge in [-0.2, -0.15) is 0 Å². The second kappa shape index (κ2) is 6.23. The zero-order valence-corrected chi connectivity index (χ0v) is 19.1. The summed E-state index contributed by atoms with van der Waals surface area (Å²) in [6.45, 7) is 11.7. The predicted octanol–water partition coefficient (Wildman–Crippen LogP) is 3.77. The Kier molecular flexibility index (Phi) is 4.22. The standard InChI is InChI=1S/C25H35NO4/c1-13-9-15-17(12-26-22(15)28)20-16(13)10-24(5)14(2)7-8-19-23(3,4)21(27)18(29-6)11-25(19,24)30-20/h9,14,18-19,21,27H,7-8,10-12H2,1-6H3,(H,26,28)/t14-,18?,19?,21?,24+,25?/m0/s1. The van der Waals surface area contributed by atoms with E-state index in [2.05, 4.69) is 39.9 Å². The van der Waals surface area contributed by atoms with Crippen LogP contribution in [0.15, 0.2) is 6.07 Å². The molecule has 1 amide bonds. The van der Waals surface area contributed by atoms with E-state index in [0.717, 1.165) is 41.7 Å². The summed E-state index contributed by atoms with van der Waals surface area (Å²) >= 11 is 0. The Balaban J connectivity index is 1.75. The van der Waals surface area contributed by atoms with Crippen molar-refractivity contribution in [1.29, 1.82) is 0 Å². The summed E-state index contributed by atoms with van der Waals surface area (Å²) in [7, 11) is 1.70. The van der Waals surface area contributed by atoms with Crippen LogP contribution in [-0.4, -0.2) is 35.9 Å². The monoisotopic (exact) mass is 413 g/mol. The van der Waals surface area contributed by atoms with Crippen LogP contribution in [-0.2, 0) is 17.7 Å². The number of fused-ring (bicyclic) bond motifs is 3. The zero-order chi connectivity index (χ0) is 21.6. The summed E-state index contributed by atoms with van der Waals surface area (Å²) in [6.07, 6.45) is 3.02. The van der Waals surface area contributed by atoms with Crippen molar-refractivity contribution >= 4 is 5.91 Å². The minimum absolute atomic E-state index is 0.00642. The average Bonchev–Trinajstić information content (AvgIpc) is 3.06. The molecular weight excluding hydrogens is 378 g/mol. The van der Waals surface area contributed by atoms with Crippen molar-refractivity contribution in [2.45, 2.75) is 84.7 Å². The second-order valence-corrected chi connectivity index (χ2v) is 11.1. The Labute approximate surface area is 179 Å². The Morgan fingerprint density at radius 1 is 1.23 bits per heavy atom. The minimum Gasteiger partial charge on any atom is -0.486 e. The van der Waals surface area contributed by atoms with E-state index in [1.54, 1.807) is 7.11 Å². The molecule has 1 spiro atoms. The summed E-state index contributed by atoms with van der Waals surface area (Å²) in [4.78, 5) is 12.4. The summed E-state index contributed by atoms with van der Waals surface area (Å²) in [5.74, 6) is 1.63. The molecule has 5 rings (SSSR count). The molecule has 0 bridgehead atoms. The molecule has 2 aliphatic carbocycles. The van der Waals surface area contributed by atoms with Crippen LogP contribution in [0, 0.1) is 29.6 Å². The van der Waals surface area contributed by atoms with Crippen molar-refractivity contribution < 1.29 is 19.4 Å². The molecule has 164 valence electrons. The number of ether oxygens (including phenoxy) is 2. The summed E-state index contributed by atoms with van der Waals surface area (Å²) in [5.41, 5.74) is 3.35. The number of carbonyl (C=O) groups excluding carboxylic acids is 1. The van der Waals surface area contributed by atoms with E-state index in [-0.39, 0.29) is 28.8 Å². The largest absolute Gasteiger partial charge is 0.486 e. The van der Waals surface area contributed by atoms with E-state index < -0.39 is 11.7 Å². The number of carbonyl (C=O) groups is 1. The fourth-order valence-electron chi connectivity index (χ4n) is 7.40. The molecule has 4 aliphatic rings. The number of hydrogen-bond acceptors (Lipinski definition) is 4. The smallest absolute Gasteiger partial charge is 0.252 e. The Morgan fingerprint density at radius 2 is 1.97 bits per heavy atom. The second-order valence-electron chi connectivity index (χ2n) is 11.1. The van der Waals surface area contributed by atoms with Crippen LogP contribution in [0.25, 0.3) is 0 Å². The van der Waals surface area contributed by atoms with E-state index in [0.29, 0.717) is 18.9 Å². The average molecular weight is 414 g/mol. The van der Waals surface area contributed by atoms with E-state index in [1.165, 1.54) is 5.56 Å². The van der Waals surface area contributed by atoms with E-state index in [1.807, 2.05) is 6.07 Å². The van der Waals surface area contributed by atoms with Crippen molar-refractivity contribution in [3.8, 4) is 5.75 Å². The lowest BCUT2D eigenvalue weighted by molar-refractivity contribution is -0.264. The van der Waals surface area contributed by atoms with Gasteiger partial charge in [-0.3, -0.25) is 4.79 Å². The maximum atomic E-state index is 12.4. The van der Waals surface area contributed by atoms with Crippen molar-refractivity contribution in [2.75, 3.05) is 7.11 Å². The number of aryl methyl sites for hydroxylation is 1. The molecule has 0 saturated heterocycles. The van der Waals surface area contributed by atoms with Crippen molar-refractivity contribution in [2.24, 2.45) is 22.7 Å². The van der Waals surface area contributed by atoms with Gasteiger partial charge in [-0.05, 0) is 54.7 Å². The first-order valence-corrected chi connectivity index (χ1v) is 11.4. The Bertz CT molecular complexity index is 924. The van der Waals surface area contributed by atoms with Gasteiger partial charge in [-0.1, -0.05) is 27.7 Å². The van der Waals surface area contributed by atoms with Gasteiger partial charge in [0.1, 0.15) is 11.4 Å². The highest BCUT2D eigenvalue weighted by atomic mass is 16.5.